The van der Waals surface area contributed by atoms with E-state index in [1.54, 1.807) is 7.05 Å². The van der Waals surface area contributed by atoms with E-state index in [1.807, 2.05) is 52.8 Å². The van der Waals surface area contributed by atoms with E-state index >= 15 is 0 Å². The van der Waals surface area contributed by atoms with Gasteiger partial charge in [0.25, 0.3) is 0 Å². The Morgan fingerprint density at radius 1 is 1.27 bits per heavy atom. The molecule has 1 spiro atoms. The van der Waals surface area contributed by atoms with E-state index in [0.29, 0.717) is 18.5 Å². The van der Waals surface area contributed by atoms with Crippen molar-refractivity contribution < 1.29 is 24.2 Å². The quantitative estimate of drug-likeness (QED) is 0.603. The minimum absolute atomic E-state index is 0.0199. The molecule has 2 bridgehead atoms. The number of nitrogens with one attached hydrogen (secondary N) is 2. The van der Waals surface area contributed by atoms with Crippen molar-refractivity contribution in [3.05, 3.63) is 29.3 Å². The number of benzene rings is 1. The van der Waals surface area contributed by atoms with Crippen LogP contribution in [-0.2, 0) is 19.1 Å². The third-order valence-corrected chi connectivity index (χ3v) is 8.33. The lowest BCUT2D eigenvalue weighted by molar-refractivity contribution is -0.149. The SMILES string of the molecule is CC[C@@H](CO)N1C(=O)[C@@H]2[C@H](C(=O)NC)[C@@]3(C)OC2(CC3C)C1C(=O)Nc1c(C)cccc1C. The Labute approximate surface area is 195 Å². The number of aliphatic hydroxyl groups is 1. The van der Waals surface area contributed by atoms with Crippen LogP contribution in [0.4, 0.5) is 5.69 Å². The van der Waals surface area contributed by atoms with Gasteiger partial charge in [-0.3, -0.25) is 14.4 Å². The van der Waals surface area contributed by atoms with Gasteiger partial charge in [0.2, 0.25) is 17.7 Å². The van der Waals surface area contributed by atoms with Gasteiger partial charge in [0.15, 0.2) is 0 Å². The first-order valence-corrected chi connectivity index (χ1v) is 11.8. The fraction of sp³-hybridized carbons (Fsp3) is 0.640. The average molecular weight is 458 g/mol. The van der Waals surface area contributed by atoms with Crippen LogP contribution in [0.3, 0.4) is 0 Å². The van der Waals surface area contributed by atoms with Crippen LogP contribution in [0.25, 0.3) is 0 Å². The second-order valence-electron chi connectivity index (χ2n) is 10.1. The second-order valence-corrected chi connectivity index (χ2v) is 10.1. The molecule has 4 rings (SSSR count). The number of likely N-dealkylation sites (tertiary alicyclic amines) is 1. The Morgan fingerprint density at radius 2 is 1.91 bits per heavy atom. The standard InChI is InChI=1S/C25H35N3O5/c1-7-16(12-29)28-20(22(31)27-19-13(2)9-8-10-14(19)3)25-11-15(4)24(5,33-25)17(21(30)26-6)18(25)23(28)32/h8-10,15-18,20,29H,7,11-12H2,1-6H3,(H,26,30)(H,27,31)/t15?,16-,17+,18-,20?,24-,25?/m0/s1. The highest BCUT2D eigenvalue weighted by molar-refractivity contribution is 6.04. The number of carbonyl (C=O) groups excluding carboxylic acids is 3. The fourth-order valence-electron chi connectivity index (χ4n) is 6.54. The molecule has 0 radical (unpaired) electrons. The molecule has 8 nitrogen and oxygen atoms in total. The van der Waals surface area contributed by atoms with Gasteiger partial charge in [-0.25, -0.2) is 0 Å². The summed E-state index contributed by atoms with van der Waals surface area (Å²) in [6.07, 6.45) is 0.978. The summed E-state index contributed by atoms with van der Waals surface area (Å²) in [5.41, 5.74) is 0.586. The maximum Gasteiger partial charge on any atom is 0.250 e. The molecule has 0 aliphatic carbocycles. The maximum absolute atomic E-state index is 13.9. The zero-order valence-corrected chi connectivity index (χ0v) is 20.3. The van der Waals surface area contributed by atoms with Crippen molar-refractivity contribution in [1.29, 1.82) is 0 Å². The molecule has 0 saturated carbocycles. The van der Waals surface area contributed by atoms with E-state index < -0.39 is 35.1 Å². The summed E-state index contributed by atoms with van der Waals surface area (Å²) in [4.78, 5) is 42.3. The first kappa shape index (κ1) is 23.7. The molecule has 3 aliphatic heterocycles. The molecule has 3 amide bonds. The zero-order chi connectivity index (χ0) is 24.3. The van der Waals surface area contributed by atoms with Crippen molar-refractivity contribution in [3.63, 3.8) is 0 Å². The van der Waals surface area contributed by atoms with Crippen LogP contribution in [0.15, 0.2) is 18.2 Å². The molecule has 3 unspecified atom stereocenters. The van der Waals surface area contributed by atoms with E-state index in [9.17, 15) is 19.5 Å². The van der Waals surface area contributed by atoms with Crippen LogP contribution in [0.2, 0.25) is 0 Å². The Hall–Kier alpha value is -2.45. The Kier molecular flexibility index (Phi) is 5.81. The summed E-state index contributed by atoms with van der Waals surface area (Å²) in [6.45, 7) is 9.34. The summed E-state index contributed by atoms with van der Waals surface area (Å²) in [6, 6.07) is 4.29. The maximum atomic E-state index is 13.9. The molecule has 3 saturated heterocycles. The number of amides is 3. The Morgan fingerprint density at radius 3 is 2.45 bits per heavy atom. The van der Waals surface area contributed by atoms with Gasteiger partial charge in [-0.2, -0.15) is 0 Å². The summed E-state index contributed by atoms with van der Waals surface area (Å²) < 4.78 is 6.63. The lowest BCUT2D eigenvalue weighted by Gasteiger charge is -2.36. The lowest BCUT2D eigenvalue weighted by atomic mass is 9.62. The van der Waals surface area contributed by atoms with Gasteiger partial charge >= 0.3 is 0 Å². The molecule has 1 aromatic carbocycles. The van der Waals surface area contributed by atoms with Crippen molar-refractivity contribution in [2.24, 2.45) is 17.8 Å². The molecule has 8 heteroatoms. The molecule has 3 heterocycles. The van der Waals surface area contributed by atoms with Crippen LogP contribution in [-0.4, -0.2) is 64.7 Å². The number of aliphatic hydroxyl groups excluding tert-OH is 1. The third-order valence-electron chi connectivity index (χ3n) is 8.33. The predicted molar refractivity (Wildman–Crippen MR) is 123 cm³/mol. The van der Waals surface area contributed by atoms with Crippen LogP contribution in [0.1, 0.15) is 44.7 Å². The molecular formula is C25H35N3O5. The number of anilines is 1. The summed E-state index contributed by atoms with van der Waals surface area (Å²) in [7, 11) is 1.56. The van der Waals surface area contributed by atoms with Crippen LogP contribution in [0, 0.1) is 31.6 Å². The molecule has 7 atom stereocenters. The van der Waals surface area contributed by atoms with Crippen LogP contribution in [0.5, 0.6) is 0 Å². The van der Waals surface area contributed by atoms with Gasteiger partial charge in [-0.15, -0.1) is 0 Å². The number of aryl methyl sites for hydroxylation is 2. The van der Waals surface area contributed by atoms with Crippen LogP contribution < -0.4 is 10.6 Å². The van der Waals surface area contributed by atoms with Crippen molar-refractivity contribution in [2.45, 2.75) is 70.7 Å². The number of hydrogen-bond donors (Lipinski definition) is 3. The lowest BCUT2D eigenvalue weighted by Crippen LogP contribution is -2.56. The number of nitrogens with zero attached hydrogens (tertiary/aromatic N) is 1. The number of fused-ring (bicyclic) bond motifs is 1. The fourth-order valence-corrected chi connectivity index (χ4v) is 6.54. The highest BCUT2D eigenvalue weighted by Gasteiger charge is 2.80. The summed E-state index contributed by atoms with van der Waals surface area (Å²) in [5.74, 6) is -2.38. The smallest absolute Gasteiger partial charge is 0.250 e. The van der Waals surface area contributed by atoms with Gasteiger partial charge in [0.1, 0.15) is 11.6 Å². The van der Waals surface area contributed by atoms with Gasteiger partial charge < -0.3 is 25.4 Å². The average Bonchev–Trinajstić information content (AvgIpc) is 3.28. The largest absolute Gasteiger partial charge is 0.394 e. The molecule has 1 aromatic rings. The Balaban J connectivity index is 1.84. The number of carbonyl (C=O) groups is 3. The topological polar surface area (TPSA) is 108 Å². The molecule has 0 aromatic heterocycles. The molecule has 3 fully saturated rings. The van der Waals surface area contributed by atoms with E-state index in [4.69, 9.17) is 4.74 Å². The van der Waals surface area contributed by atoms with Crippen molar-refractivity contribution in [3.8, 4) is 0 Å². The first-order chi connectivity index (χ1) is 15.6. The number of rotatable bonds is 6. The van der Waals surface area contributed by atoms with Gasteiger partial charge in [0, 0.05) is 12.7 Å². The van der Waals surface area contributed by atoms with Crippen molar-refractivity contribution >= 4 is 23.4 Å². The highest BCUT2D eigenvalue weighted by atomic mass is 16.5. The molecule has 33 heavy (non-hydrogen) atoms. The third kappa shape index (κ3) is 3.14. The zero-order valence-electron chi connectivity index (χ0n) is 20.3. The monoisotopic (exact) mass is 457 g/mol. The van der Waals surface area contributed by atoms with Gasteiger partial charge in [0.05, 0.1) is 30.1 Å². The van der Waals surface area contributed by atoms with Gasteiger partial charge in [-0.1, -0.05) is 32.0 Å². The molecule has 3 aliphatic rings. The Bertz CT molecular complexity index is 972. The number of para-hydroxylation sites is 1. The minimum atomic E-state index is -1.12. The van der Waals surface area contributed by atoms with E-state index in [2.05, 4.69) is 10.6 Å². The number of hydrogen-bond acceptors (Lipinski definition) is 5. The highest BCUT2D eigenvalue weighted by Crippen LogP contribution is 2.65. The molecule has 180 valence electrons. The van der Waals surface area contributed by atoms with Crippen molar-refractivity contribution in [1.82, 2.24) is 10.2 Å². The van der Waals surface area contributed by atoms with Gasteiger partial charge in [-0.05, 0) is 50.7 Å². The summed E-state index contributed by atoms with van der Waals surface area (Å²) >= 11 is 0. The van der Waals surface area contributed by atoms with E-state index in [-0.39, 0.29) is 30.2 Å². The van der Waals surface area contributed by atoms with E-state index in [0.717, 1.165) is 11.1 Å². The van der Waals surface area contributed by atoms with Crippen molar-refractivity contribution in [2.75, 3.05) is 19.0 Å². The minimum Gasteiger partial charge on any atom is -0.394 e. The summed E-state index contributed by atoms with van der Waals surface area (Å²) in [5, 5.41) is 15.8. The number of ether oxygens (including phenoxy) is 1. The normalized spacial score (nSPS) is 35.5. The first-order valence-electron chi connectivity index (χ1n) is 11.8. The predicted octanol–water partition coefficient (Wildman–Crippen LogP) is 1.77. The molecular weight excluding hydrogens is 422 g/mol. The second kappa shape index (κ2) is 8.09. The van der Waals surface area contributed by atoms with Crippen LogP contribution >= 0.6 is 0 Å². The molecule has 3 N–H and O–H groups in total. The van der Waals surface area contributed by atoms with E-state index in [1.165, 1.54) is 4.90 Å².